The first-order chi connectivity index (χ1) is 11.9. The van der Waals surface area contributed by atoms with Gasteiger partial charge in [0.15, 0.2) is 0 Å². The number of carbonyl (C=O) groups excluding carboxylic acids is 2. The number of benzene rings is 1. The van der Waals surface area contributed by atoms with Crippen molar-refractivity contribution in [3.05, 3.63) is 29.8 Å². The lowest BCUT2D eigenvalue weighted by Crippen LogP contribution is -2.57. The molecule has 6 nitrogen and oxygen atoms in total. The molecule has 0 spiro atoms. The van der Waals surface area contributed by atoms with E-state index in [4.69, 9.17) is 4.74 Å². The molecule has 2 saturated heterocycles. The molecule has 136 valence electrons. The number of carbonyl (C=O) groups is 2. The second-order valence-corrected chi connectivity index (χ2v) is 7.11. The predicted molar refractivity (Wildman–Crippen MR) is 93.0 cm³/mol. The van der Waals surface area contributed by atoms with Gasteiger partial charge in [-0.15, -0.1) is 0 Å². The highest BCUT2D eigenvalue weighted by molar-refractivity contribution is 5.85. The molecule has 0 bridgehead atoms. The van der Waals surface area contributed by atoms with Gasteiger partial charge in [-0.3, -0.25) is 9.59 Å². The maximum absolute atomic E-state index is 13.0. The number of aliphatic hydroxyl groups is 1. The highest BCUT2D eigenvalue weighted by Crippen LogP contribution is 2.38. The van der Waals surface area contributed by atoms with Gasteiger partial charge >= 0.3 is 0 Å². The van der Waals surface area contributed by atoms with Crippen LogP contribution in [0.25, 0.3) is 0 Å². The maximum Gasteiger partial charge on any atom is 0.228 e. The van der Waals surface area contributed by atoms with E-state index in [1.165, 1.54) is 0 Å². The first kappa shape index (κ1) is 17.7. The van der Waals surface area contributed by atoms with Crippen LogP contribution in [0.1, 0.15) is 31.4 Å². The first-order valence-electron chi connectivity index (χ1n) is 8.78. The molecule has 2 fully saturated rings. The Labute approximate surface area is 148 Å². The van der Waals surface area contributed by atoms with Gasteiger partial charge in [0.25, 0.3) is 0 Å². The molecule has 1 aromatic carbocycles. The Kier molecular flexibility index (Phi) is 4.99. The van der Waals surface area contributed by atoms with Crippen molar-refractivity contribution < 1.29 is 19.4 Å². The van der Waals surface area contributed by atoms with Crippen LogP contribution in [-0.4, -0.2) is 60.1 Å². The standard InChI is InChI=1S/C19H26N2O4/c1-12(22)14-10-21(11-14)19(24)16-8-9-17(23)20(2)18(16)13-4-6-15(25-3)7-5-13/h4-7,12,14,16,18,22H,8-11H2,1-3H3/t12-,16?,18?/m0/s1. The van der Waals surface area contributed by atoms with Gasteiger partial charge in [-0.05, 0) is 31.0 Å². The number of piperidine rings is 1. The van der Waals surface area contributed by atoms with E-state index in [9.17, 15) is 14.7 Å². The second-order valence-electron chi connectivity index (χ2n) is 7.11. The molecule has 0 radical (unpaired) electrons. The number of amides is 2. The lowest BCUT2D eigenvalue weighted by Gasteiger charge is -2.46. The Balaban J connectivity index is 1.80. The van der Waals surface area contributed by atoms with Crippen LogP contribution >= 0.6 is 0 Å². The molecule has 2 aliphatic heterocycles. The monoisotopic (exact) mass is 346 g/mol. The van der Waals surface area contributed by atoms with Crippen molar-refractivity contribution >= 4 is 11.8 Å². The number of ether oxygens (including phenoxy) is 1. The van der Waals surface area contributed by atoms with Crippen LogP contribution in [0.4, 0.5) is 0 Å². The van der Waals surface area contributed by atoms with E-state index in [2.05, 4.69) is 0 Å². The molecular formula is C19H26N2O4. The third-order valence-electron chi connectivity index (χ3n) is 5.54. The summed E-state index contributed by atoms with van der Waals surface area (Å²) in [6.07, 6.45) is 0.568. The molecule has 3 atom stereocenters. The minimum Gasteiger partial charge on any atom is -0.497 e. The van der Waals surface area contributed by atoms with Crippen LogP contribution in [0.5, 0.6) is 5.75 Å². The number of methoxy groups -OCH3 is 1. The normalized spacial score (nSPS) is 25.5. The van der Waals surface area contributed by atoms with Crippen LogP contribution < -0.4 is 4.74 Å². The fraction of sp³-hybridized carbons (Fsp3) is 0.579. The minimum absolute atomic E-state index is 0.0651. The van der Waals surface area contributed by atoms with Crippen LogP contribution in [0.2, 0.25) is 0 Å². The van der Waals surface area contributed by atoms with Crippen molar-refractivity contribution in [2.75, 3.05) is 27.2 Å². The molecule has 2 unspecified atom stereocenters. The van der Waals surface area contributed by atoms with Crippen LogP contribution in [-0.2, 0) is 9.59 Å². The van der Waals surface area contributed by atoms with Crippen LogP contribution in [0.3, 0.4) is 0 Å². The van der Waals surface area contributed by atoms with Crippen molar-refractivity contribution in [3.8, 4) is 5.75 Å². The molecular weight excluding hydrogens is 320 g/mol. The number of hydrogen-bond donors (Lipinski definition) is 1. The second kappa shape index (κ2) is 7.04. The van der Waals surface area contributed by atoms with E-state index in [0.29, 0.717) is 25.9 Å². The Bertz CT molecular complexity index is 637. The summed E-state index contributed by atoms with van der Waals surface area (Å²) in [5, 5.41) is 9.64. The molecule has 1 aromatic rings. The summed E-state index contributed by atoms with van der Waals surface area (Å²) in [7, 11) is 3.38. The largest absolute Gasteiger partial charge is 0.497 e. The lowest BCUT2D eigenvalue weighted by molar-refractivity contribution is -0.152. The summed E-state index contributed by atoms with van der Waals surface area (Å²) in [5.74, 6) is 0.809. The summed E-state index contributed by atoms with van der Waals surface area (Å²) in [6, 6.07) is 7.31. The number of likely N-dealkylation sites (tertiary alicyclic amines) is 2. The van der Waals surface area contributed by atoms with Gasteiger partial charge < -0.3 is 19.6 Å². The van der Waals surface area contributed by atoms with Crippen molar-refractivity contribution in [1.82, 2.24) is 9.80 Å². The highest BCUT2D eigenvalue weighted by Gasteiger charge is 2.43. The number of rotatable bonds is 4. The average molecular weight is 346 g/mol. The molecule has 0 aliphatic carbocycles. The Morgan fingerprint density at radius 3 is 2.48 bits per heavy atom. The fourth-order valence-electron chi connectivity index (χ4n) is 3.79. The molecule has 0 saturated carbocycles. The SMILES string of the molecule is COc1ccc(C2C(C(=O)N3CC([C@H](C)O)C3)CCC(=O)N2C)cc1. The van der Waals surface area contributed by atoms with Gasteiger partial charge in [-0.25, -0.2) is 0 Å². The summed E-state index contributed by atoms with van der Waals surface area (Å²) in [5.41, 5.74) is 0.947. The summed E-state index contributed by atoms with van der Waals surface area (Å²) < 4.78 is 5.20. The summed E-state index contributed by atoms with van der Waals surface area (Å²) in [6.45, 7) is 2.96. The fourth-order valence-corrected chi connectivity index (χ4v) is 3.79. The average Bonchev–Trinajstić information content (AvgIpc) is 2.55. The van der Waals surface area contributed by atoms with E-state index in [1.807, 2.05) is 29.2 Å². The summed E-state index contributed by atoms with van der Waals surface area (Å²) in [4.78, 5) is 28.7. The van der Waals surface area contributed by atoms with Gasteiger partial charge in [0.1, 0.15) is 5.75 Å². The quantitative estimate of drug-likeness (QED) is 0.896. The summed E-state index contributed by atoms with van der Waals surface area (Å²) >= 11 is 0. The smallest absolute Gasteiger partial charge is 0.228 e. The number of aliphatic hydroxyl groups excluding tert-OH is 1. The van der Waals surface area contributed by atoms with Crippen molar-refractivity contribution in [2.24, 2.45) is 11.8 Å². The van der Waals surface area contributed by atoms with E-state index in [-0.39, 0.29) is 29.7 Å². The van der Waals surface area contributed by atoms with E-state index < -0.39 is 6.10 Å². The number of nitrogens with zero attached hydrogens (tertiary/aromatic N) is 2. The Hall–Kier alpha value is -2.08. The molecule has 2 heterocycles. The van der Waals surface area contributed by atoms with Crippen molar-refractivity contribution in [1.29, 1.82) is 0 Å². The molecule has 3 rings (SSSR count). The number of hydrogen-bond acceptors (Lipinski definition) is 4. The zero-order valence-corrected chi connectivity index (χ0v) is 15.0. The molecule has 2 aliphatic rings. The van der Waals surface area contributed by atoms with Gasteiger partial charge in [-0.2, -0.15) is 0 Å². The Morgan fingerprint density at radius 2 is 1.92 bits per heavy atom. The lowest BCUT2D eigenvalue weighted by atomic mass is 9.82. The molecule has 2 amide bonds. The van der Waals surface area contributed by atoms with Crippen LogP contribution in [0.15, 0.2) is 24.3 Å². The van der Waals surface area contributed by atoms with Gasteiger partial charge in [0.2, 0.25) is 11.8 Å². The van der Waals surface area contributed by atoms with Crippen molar-refractivity contribution in [3.63, 3.8) is 0 Å². The third-order valence-corrected chi connectivity index (χ3v) is 5.54. The topological polar surface area (TPSA) is 70.1 Å². The highest BCUT2D eigenvalue weighted by atomic mass is 16.5. The van der Waals surface area contributed by atoms with E-state index in [1.54, 1.807) is 26.0 Å². The van der Waals surface area contributed by atoms with Crippen LogP contribution in [0, 0.1) is 11.8 Å². The minimum atomic E-state index is -0.392. The molecule has 1 N–H and O–H groups in total. The Morgan fingerprint density at radius 1 is 1.28 bits per heavy atom. The van der Waals surface area contributed by atoms with Crippen molar-refractivity contribution in [2.45, 2.75) is 31.9 Å². The predicted octanol–water partition coefficient (Wildman–Crippen LogP) is 1.44. The zero-order valence-electron chi connectivity index (χ0n) is 15.0. The van der Waals surface area contributed by atoms with E-state index >= 15 is 0 Å². The van der Waals surface area contributed by atoms with Gasteiger partial charge in [0.05, 0.1) is 25.2 Å². The molecule has 6 heteroatoms. The third kappa shape index (κ3) is 3.35. The van der Waals surface area contributed by atoms with E-state index in [0.717, 1.165) is 11.3 Å². The maximum atomic E-state index is 13.0. The zero-order chi connectivity index (χ0) is 18.1. The van der Waals surface area contributed by atoms with Gasteiger partial charge in [0, 0.05) is 32.5 Å². The molecule has 0 aromatic heterocycles. The molecule has 25 heavy (non-hydrogen) atoms. The van der Waals surface area contributed by atoms with Gasteiger partial charge in [-0.1, -0.05) is 12.1 Å². The first-order valence-corrected chi connectivity index (χ1v) is 8.78.